The number of anilines is 1. The van der Waals surface area contributed by atoms with E-state index in [1.807, 2.05) is 13.8 Å². The zero-order valence-corrected chi connectivity index (χ0v) is 16.8. The van der Waals surface area contributed by atoms with E-state index < -0.39 is 14.9 Å². The highest BCUT2D eigenvalue weighted by atomic mass is 32.2. The molecule has 2 heterocycles. The maximum atomic E-state index is 12.8. The van der Waals surface area contributed by atoms with Crippen LogP contribution in [0.25, 0.3) is 0 Å². The third-order valence-corrected chi connectivity index (χ3v) is 6.88. The second kappa shape index (κ2) is 7.81. The standard InChI is InChI=1S/C16H19N5O5S2/c1-10(2)17-15(22)19-16-18-13-7-8-20(9-14(13)27-16)28(25,26)12-5-3-11(4-6-12)21(23)24/h3-6,10H,7-9H2,1-2H3,(H2,17,18,19,22). The van der Waals surface area contributed by atoms with E-state index in [1.54, 1.807) is 0 Å². The van der Waals surface area contributed by atoms with Gasteiger partial charge in [-0.05, 0) is 26.0 Å². The summed E-state index contributed by atoms with van der Waals surface area (Å²) in [5.74, 6) is 0. The number of carbonyl (C=O) groups excluding carboxylic acids is 1. The van der Waals surface area contributed by atoms with Crippen molar-refractivity contribution in [1.82, 2.24) is 14.6 Å². The molecule has 2 aromatic rings. The van der Waals surface area contributed by atoms with Crippen LogP contribution in [0.15, 0.2) is 29.2 Å². The lowest BCUT2D eigenvalue weighted by Crippen LogP contribution is -2.35. The molecule has 1 aromatic heterocycles. The van der Waals surface area contributed by atoms with Gasteiger partial charge in [0.05, 0.1) is 22.1 Å². The van der Waals surface area contributed by atoms with E-state index in [0.29, 0.717) is 11.6 Å². The van der Waals surface area contributed by atoms with E-state index in [4.69, 9.17) is 0 Å². The van der Waals surface area contributed by atoms with Gasteiger partial charge < -0.3 is 5.32 Å². The maximum absolute atomic E-state index is 12.8. The molecule has 0 saturated heterocycles. The van der Waals surface area contributed by atoms with Gasteiger partial charge in [0.2, 0.25) is 10.0 Å². The normalized spacial score (nSPS) is 14.5. The number of fused-ring (bicyclic) bond motifs is 1. The number of hydrogen-bond acceptors (Lipinski definition) is 7. The molecule has 0 fully saturated rings. The number of carbonyl (C=O) groups is 1. The summed E-state index contributed by atoms with van der Waals surface area (Å²) in [5.41, 5.74) is 0.595. The van der Waals surface area contributed by atoms with E-state index in [2.05, 4.69) is 15.6 Å². The third kappa shape index (κ3) is 4.29. The molecule has 0 unspecified atom stereocenters. The van der Waals surface area contributed by atoms with Crippen molar-refractivity contribution in [3.05, 3.63) is 45.0 Å². The Kier molecular flexibility index (Phi) is 5.63. The Bertz CT molecular complexity index is 1000. The van der Waals surface area contributed by atoms with Gasteiger partial charge in [-0.3, -0.25) is 15.4 Å². The van der Waals surface area contributed by atoms with Gasteiger partial charge in [0.1, 0.15) is 0 Å². The fourth-order valence-electron chi connectivity index (χ4n) is 2.71. The van der Waals surface area contributed by atoms with Crippen molar-refractivity contribution in [3.8, 4) is 0 Å². The van der Waals surface area contributed by atoms with Crippen molar-refractivity contribution in [1.29, 1.82) is 0 Å². The highest BCUT2D eigenvalue weighted by Crippen LogP contribution is 2.31. The Morgan fingerprint density at radius 1 is 1.32 bits per heavy atom. The van der Waals surface area contributed by atoms with Crippen LogP contribution in [0, 0.1) is 10.1 Å². The summed E-state index contributed by atoms with van der Waals surface area (Å²) in [7, 11) is -3.79. The number of urea groups is 1. The molecule has 0 aliphatic carbocycles. The Morgan fingerprint density at radius 3 is 2.61 bits per heavy atom. The number of aromatic nitrogens is 1. The number of sulfonamides is 1. The molecule has 1 aliphatic heterocycles. The molecular weight excluding hydrogens is 406 g/mol. The van der Waals surface area contributed by atoms with Crippen LogP contribution in [0.5, 0.6) is 0 Å². The predicted octanol–water partition coefficient (Wildman–Crippen LogP) is 2.33. The molecule has 2 N–H and O–H groups in total. The van der Waals surface area contributed by atoms with Gasteiger partial charge in [-0.25, -0.2) is 18.2 Å². The van der Waals surface area contributed by atoms with Crippen molar-refractivity contribution in [2.24, 2.45) is 0 Å². The second-order valence-electron chi connectivity index (χ2n) is 6.48. The number of rotatable bonds is 5. The van der Waals surface area contributed by atoms with Crippen LogP contribution >= 0.6 is 11.3 Å². The lowest BCUT2D eigenvalue weighted by Gasteiger charge is -2.25. The first-order chi connectivity index (χ1) is 13.2. The smallest absolute Gasteiger partial charge is 0.321 e. The van der Waals surface area contributed by atoms with Gasteiger partial charge in [0, 0.05) is 36.0 Å². The third-order valence-electron chi connectivity index (χ3n) is 4.02. The summed E-state index contributed by atoms with van der Waals surface area (Å²) in [5, 5.41) is 16.5. The maximum Gasteiger partial charge on any atom is 0.321 e. The van der Waals surface area contributed by atoms with E-state index in [1.165, 1.54) is 39.9 Å². The average Bonchev–Trinajstić information content (AvgIpc) is 3.02. The van der Waals surface area contributed by atoms with Crippen LogP contribution in [0.3, 0.4) is 0 Å². The van der Waals surface area contributed by atoms with E-state index in [-0.39, 0.29) is 35.7 Å². The number of nitro benzene ring substituents is 1. The molecule has 2 amide bonds. The van der Waals surface area contributed by atoms with Gasteiger partial charge >= 0.3 is 6.03 Å². The number of nitro groups is 1. The van der Waals surface area contributed by atoms with Crippen molar-refractivity contribution in [3.63, 3.8) is 0 Å². The van der Waals surface area contributed by atoms with Crippen molar-refractivity contribution in [2.45, 2.75) is 37.8 Å². The highest BCUT2D eigenvalue weighted by molar-refractivity contribution is 7.89. The summed E-state index contributed by atoms with van der Waals surface area (Å²) in [6.07, 6.45) is 0.422. The van der Waals surface area contributed by atoms with Crippen molar-refractivity contribution in [2.75, 3.05) is 11.9 Å². The Labute approximate surface area is 165 Å². The zero-order chi connectivity index (χ0) is 20.5. The number of hydrogen-bond donors (Lipinski definition) is 2. The minimum Gasteiger partial charge on any atom is -0.336 e. The van der Waals surface area contributed by atoms with Gasteiger partial charge in [-0.2, -0.15) is 4.31 Å². The SMILES string of the molecule is CC(C)NC(=O)Nc1nc2c(s1)CN(S(=O)(=O)c1ccc([N+](=O)[O-])cc1)CC2. The quantitative estimate of drug-likeness (QED) is 0.558. The van der Waals surface area contributed by atoms with Crippen LogP contribution in [-0.2, 0) is 23.0 Å². The first-order valence-electron chi connectivity index (χ1n) is 8.47. The molecular formula is C16H19N5O5S2. The predicted molar refractivity (Wildman–Crippen MR) is 104 cm³/mol. The van der Waals surface area contributed by atoms with E-state index in [0.717, 1.165) is 10.6 Å². The molecule has 0 radical (unpaired) electrons. The first-order valence-corrected chi connectivity index (χ1v) is 10.7. The zero-order valence-electron chi connectivity index (χ0n) is 15.2. The first kappa shape index (κ1) is 20.2. The molecule has 0 atom stereocenters. The summed E-state index contributed by atoms with van der Waals surface area (Å²) in [6.45, 7) is 4.06. The van der Waals surface area contributed by atoms with Gasteiger partial charge in [0.15, 0.2) is 5.13 Å². The molecule has 0 spiro atoms. The molecule has 150 valence electrons. The van der Waals surface area contributed by atoms with Gasteiger partial charge in [-0.1, -0.05) is 11.3 Å². The Balaban J connectivity index is 1.75. The monoisotopic (exact) mass is 425 g/mol. The Hall–Kier alpha value is -2.57. The van der Waals surface area contributed by atoms with E-state index >= 15 is 0 Å². The molecule has 12 heteroatoms. The summed E-state index contributed by atoms with van der Waals surface area (Å²) < 4.78 is 27.0. The van der Waals surface area contributed by atoms with E-state index in [9.17, 15) is 23.3 Å². The molecule has 0 saturated carbocycles. The number of nitrogens with zero attached hydrogens (tertiary/aromatic N) is 3. The number of amides is 2. The Morgan fingerprint density at radius 2 is 2.00 bits per heavy atom. The molecule has 1 aliphatic rings. The molecule has 10 nitrogen and oxygen atoms in total. The number of benzene rings is 1. The number of nitrogens with one attached hydrogen (secondary N) is 2. The lowest BCUT2D eigenvalue weighted by molar-refractivity contribution is -0.384. The van der Waals surface area contributed by atoms with Gasteiger partial charge in [-0.15, -0.1) is 0 Å². The van der Waals surface area contributed by atoms with Crippen LogP contribution in [0.2, 0.25) is 0 Å². The van der Waals surface area contributed by atoms with Crippen molar-refractivity contribution < 1.29 is 18.1 Å². The number of non-ortho nitro benzene ring substituents is 1. The van der Waals surface area contributed by atoms with Crippen LogP contribution in [-0.4, -0.2) is 41.2 Å². The highest BCUT2D eigenvalue weighted by Gasteiger charge is 2.31. The van der Waals surface area contributed by atoms with Crippen LogP contribution in [0.4, 0.5) is 15.6 Å². The molecule has 1 aromatic carbocycles. The average molecular weight is 425 g/mol. The summed E-state index contributed by atoms with van der Waals surface area (Å²) in [6, 6.07) is 4.43. The largest absolute Gasteiger partial charge is 0.336 e. The molecule has 28 heavy (non-hydrogen) atoms. The van der Waals surface area contributed by atoms with Crippen LogP contribution in [0.1, 0.15) is 24.4 Å². The lowest BCUT2D eigenvalue weighted by atomic mass is 10.2. The van der Waals surface area contributed by atoms with Crippen LogP contribution < -0.4 is 10.6 Å². The number of thiazole rings is 1. The fraction of sp³-hybridized carbons (Fsp3) is 0.375. The topological polar surface area (TPSA) is 135 Å². The van der Waals surface area contributed by atoms with Crippen molar-refractivity contribution >= 4 is 38.2 Å². The molecule has 3 rings (SSSR count). The summed E-state index contributed by atoms with van der Waals surface area (Å²) in [4.78, 5) is 27.1. The second-order valence-corrected chi connectivity index (χ2v) is 9.50. The molecule has 0 bridgehead atoms. The minimum absolute atomic E-state index is 0.000671. The summed E-state index contributed by atoms with van der Waals surface area (Å²) >= 11 is 1.23. The van der Waals surface area contributed by atoms with Gasteiger partial charge in [0.25, 0.3) is 5.69 Å². The minimum atomic E-state index is -3.79. The fourth-order valence-corrected chi connectivity index (χ4v) is 5.22.